The number of nitrogens with one attached hydrogen (secondary N) is 4. The summed E-state index contributed by atoms with van der Waals surface area (Å²) in [4.78, 5) is 95.8. The molecule has 0 aliphatic rings. The molecule has 0 aliphatic carbocycles. The van der Waals surface area contributed by atoms with Gasteiger partial charge in [-0.3, -0.25) is 38.4 Å². The van der Waals surface area contributed by atoms with Crippen LogP contribution in [0.3, 0.4) is 0 Å². The minimum absolute atomic E-state index is 0.0268. The average molecular weight is 999 g/mol. The lowest BCUT2D eigenvalue weighted by molar-refractivity contribution is -0.141. The summed E-state index contributed by atoms with van der Waals surface area (Å²) in [5.41, 5.74) is 4.29. The summed E-state index contributed by atoms with van der Waals surface area (Å²) in [6.45, 7) is 6.01. The Kier molecular flexibility index (Phi) is 27.3. The van der Waals surface area contributed by atoms with Crippen molar-refractivity contribution in [2.24, 2.45) is 11.8 Å². The Morgan fingerprint density at radius 3 is 1.18 bits per heavy atom. The molecule has 0 bridgehead atoms. The van der Waals surface area contributed by atoms with Crippen LogP contribution in [0.2, 0.25) is 0 Å². The highest BCUT2D eigenvalue weighted by Crippen LogP contribution is 2.21. The highest BCUT2D eigenvalue weighted by Gasteiger charge is 2.24. The molecule has 344 valence electrons. The number of Topliss-reactive ketones (excluding diaryl/α,β-unsaturated/α-hetero) is 2. The third kappa shape index (κ3) is 22.5. The van der Waals surface area contributed by atoms with Crippen molar-refractivity contribution in [1.29, 1.82) is 0 Å². The van der Waals surface area contributed by atoms with Crippen molar-refractivity contribution in [2.75, 3.05) is 24.9 Å². The molecule has 16 nitrogen and oxygen atoms in total. The van der Waals surface area contributed by atoms with Crippen LogP contribution in [-0.2, 0) is 71.7 Å². The molecule has 2 aromatic rings. The minimum atomic E-state index is -0.734. The molecule has 18 heteroatoms. The van der Waals surface area contributed by atoms with Crippen LogP contribution >= 0.6 is 31.9 Å². The van der Waals surface area contributed by atoms with Gasteiger partial charge in [0.15, 0.2) is 11.6 Å². The molecule has 2 rings (SSSR count). The second-order valence-corrected chi connectivity index (χ2v) is 16.0. The number of hydrogen-bond donors (Lipinski definition) is 6. The maximum atomic E-state index is 12.5. The van der Waals surface area contributed by atoms with Gasteiger partial charge in [0.05, 0.1) is 39.5 Å². The fraction of sp³-hybridized carbons (Fsp3) is 0.545. The number of anilines is 2. The number of carbonyl (C=O) groups excluding carboxylic acids is 8. The Morgan fingerprint density at radius 2 is 0.855 bits per heavy atom. The number of halogens is 2. The van der Waals surface area contributed by atoms with E-state index in [-0.39, 0.29) is 98.9 Å². The van der Waals surface area contributed by atoms with Crippen LogP contribution in [0.25, 0.3) is 0 Å². The summed E-state index contributed by atoms with van der Waals surface area (Å²) in [6, 6.07) is 9.20. The lowest BCUT2D eigenvalue weighted by Crippen LogP contribution is -2.39. The highest BCUT2D eigenvalue weighted by molar-refractivity contribution is 9.08. The van der Waals surface area contributed by atoms with Crippen molar-refractivity contribution in [1.82, 2.24) is 10.6 Å². The van der Waals surface area contributed by atoms with Gasteiger partial charge in [0, 0.05) is 72.4 Å². The fourth-order valence-corrected chi connectivity index (χ4v) is 6.43. The summed E-state index contributed by atoms with van der Waals surface area (Å²) in [6.07, 6.45) is 3.01. The second-order valence-electron chi connectivity index (χ2n) is 14.9. The number of hydrogen-bond acceptors (Lipinski definition) is 12. The Balaban J connectivity index is 0.000000620. The van der Waals surface area contributed by atoms with Crippen molar-refractivity contribution in [3.63, 3.8) is 0 Å². The number of alkyl halides is 2. The molecule has 0 unspecified atom stereocenters. The van der Waals surface area contributed by atoms with E-state index in [4.69, 9.17) is 0 Å². The van der Waals surface area contributed by atoms with E-state index in [9.17, 15) is 48.6 Å². The minimum Gasteiger partial charge on any atom is -0.469 e. The molecule has 0 saturated carbocycles. The Bertz CT molecular complexity index is 1650. The van der Waals surface area contributed by atoms with Crippen molar-refractivity contribution in [3.8, 4) is 0 Å². The van der Waals surface area contributed by atoms with E-state index >= 15 is 0 Å². The molecule has 62 heavy (non-hydrogen) atoms. The average Bonchev–Trinajstić information content (AvgIpc) is 3.25. The van der Waals surface area contributed by atoms with Crippen molar-refractivity contribution in [2.45, 2.75) is 128 Å². The zero-order chi connectivity index (χ0) is 46.8. The largest absolute Gasteiger partial charge is 0.469 e. The van der Waals surface area contributed by atoms with Crippen LogP contribution in [0.4, 0.5) is 11.4 Å². The van der Waals surface area contributed by atoms with Gasteiger partial charge in [-0.2, -0.15) is 0 Å². The number of ether oxygens (including phenoxy) is 2. The molecule has 6 N–H and O–H groups in total. The van der Waals surface area contributed by atoms with E-state index in [0.717, 1.165) is 11.1 Å². The molecular formula is C44H62Br2N4O12. The molecule has 0 aliphatic heterocycles. The number of benzene rings is 2. The third-order valence-corrected chi connectivity index (χ3v) is 10.8. The normalized spacial score (nSPS) is 12.5. The molecular weight excluding hydrogens is 936 g/mol. The number of carbonyl (C=O) groups is 8. The first-order chi connectivity index (χ1) is 29.4. The molecule has 2 aromatic carbocycles. The van der Waals surface area contributed by atoms with Gasteiger partial charge in [0.2, 0.25) is 23.6 Å². The number of aliphatic hydroxyl groups is 2. The van der Waals surface area contributed by atoms with Crippen molar-refractivity contribution in [3.05, 3.63) is 58.7 Å². The molecule has 0 aromatic heterocycles. The summed E-state index contributed by atoms with van der Waals surface area (Å²) < 4.78 is 9.08. The van der Waals surface area contributed by atoms with Crippen molar-refractivity contribution < 1.29 is 58.0 Å². The van der Waals surface area contributed by atoms with Gasteiger partial charge < -0.3 is 41.0 Å². The summed E-state index contributed by atoms with van der Waals surface area (Å²) in [5, 5.41) is 30.7. The van der Waals surface area contributed by atoms with Gasteiger partial charge in [-0.25, -0.2) is 0 Å². The van der Waals surface area contributed by atoms with E-state index < -0.39 is 23.9 Å². The van der Waals surface area contributed by atoms with E-state index in [1.165, 1.54) is 14.2 Å². The first-order valence-corrected chi connectivity index (χ1v) is 22.6. The Morgan fingerprint density at radius 1 is 0.532 bits per heavy atom. The zero-order valence-corrected chi connectivity index (χ0v) is 39.6. The molecule has 0 fully saturated rings. The van der Waals surface area contributed by atoms with Crippen LogP contribution in [0, 0.1) is 11.8 Å². The molecule has 0 radical (unpaired) electrons. The third-order valence-electron chi connectivity index (χ3n) is 9.47. The van der Waals surface area contributed by atoms with Crippen LogP contribution in [0.5, 0.6) is 0 Å². The fourth-order valence-electron chi connectivity index (χ4n) is 5.78. The number of rotatable bonds is 26. The molecule has 0 spiro atoms. The predicted molar refractivity (Wildman–Crippen MR) is 241 cm³/mol. The van der Waals surface area contributed by atoms with E-state index in [0.29, 0.717) is 58.8 Å². The highest BCUT2D eigenvalue weighted by atomic mass is 79.9. The predicted octanol–water partition coefficient (Wildman–Crippen LogP) is 5.69. The topological polar surface area (TPSA) is 244 Å². The van der Waals surface area contributed by atoms with Crippen LogP contribution in [0.15, 0.2) is 36.4 Å². The number of ketones is 2. The van der Waals surface area contributed by atoms with Gasteiger partial charge >= 0.3 is 11.9 Å². The van der Waals surface area contributed by atoms with Gasteiger partial charge in [-0.05, 0) is 86.1 Å². The number of methoxy groups -OCH3 is 2. The molecule has 4 amide bonds. The van der Waals surface area contributed by atoms with E-state index in [2.05, 4.69) is 62.6 Å². The van der Waals surface area contributed by atoms with Crippen LogP contribution in [-0.4, -0.2) is 83.7 Å². The SMILES string of the molecule is COC(=O)CCCCC(=O)N[C@@H](C)C(=O)C[C@@H](C)C(=O)Nc1cc(CBr)cc(CBr)c1.COC(=O)CCCCC(=O)N[C@@H](C)C(=O)C[C@@H](C)C(=O)Nc1cc(CO)cc(CO)c1. The van der Waals surface area contributed by atoms with E-state index in [1.807, 2.05) is 18.2 Å². The standard InChI is InChI=1S/C22H30Br2N2O5.C22H32N2O7/c1-14(22(30)26-18-10-16(12-23)9-17(11-18)13-24)8-19(27)15(2)25-20(28)6-4-5-7-21(29)31-3;1-14(22(30)24-18-10-16(12-25)9-17(11-18)13-26)8-19(27)15(2)23-20(28)6-4-5-7-21(29)31-3/h9-11,14-15H,4-8,12-13H2,1-3H3,(H,25,28)(H,26,30);9-11,14-15,25-26H,4-8,12-13H2,1-3H3,(H,23,28)(H,24,30)/t2*14-,15+/m11/s1. The van der Waals surface area contributed by atoms with Gasteiger partial charge in [-0.1, -0.05) is 57.8 Å². The second kappa shape index (κ2) is 30.5. The van der Waals surface area contributed by atoms with Gasteiger partial charge in [0.25, 0.3) is 0 Å². The monoisotopic (exact) mass is 996 g/mol. The van der Waals surface area contributed by atoms with Gasteiger partial charge in [0.1, 0.15) is 0 Å². The van der Waals surface area contributed by atoms with Crippen molar-refractivity contribution >= 4 is 90.4 Å². The Labute approximate surface area is 380 Å². The van der Waals surface area contributed by atoms with Gasteiger partial charge in [-0.15, -0.1) is 0 Å². The summed E-state index contributed by atoms with van der Waals surface area (Å²) in [5.74, 6) is -3.46. The molecule has 0 heterocycles. The zero-order valence-electron chi connectivity index (χ0n) is 36.4. The first-order valence-electron chi connectivity index (χ1n) is 20.4. The maximum absolute atomic E-state index is 12.5. The lowest BCUT2D eigenvalue weighted by Gasteiger charge is -2.17. The number of esters is 2. The smallest absolute Gasteiger partial charge is 0.305 e. The number of aliphatic hydroxyl groups excluding tert-OH is 2. The van der Waals surface area contributed by atoms with Crippen LogP contribution < -0.4 is 21.3 Å². The van der Waals surface area contributed by atoms with E-state index in [1.54, 1.807) is 45.9 Å². The summed E-state index contributed by atoms with van der Waals surface area (Å²) >= 11 is 6.84. The summed E-state index contributed by atoms with van der Waals surface area (Å²) in [7, 11) is 2.63. The number of amides is 4. The Hall–Kier alpha value is -4.52. The maximum Gasteiger partial charge on any atom is 0.305 e. The molecule has 0 saturated heterocycles. The lowest BCUT2D eigenvalue weighted by atomic mass is 9.99. The quantitative estimate of drug-likeness (QED) is 0.0378. The number of unbranched alkanes of at least 4 members (excludes halogenated alkanes) is 2. The molecule has 4 atom stereocenters. The first kappa shape index (κ1) is 55.5. The van der Waals surface area contributed by atoms with Crippen LogP contribution in [0.1, 0.15) is 114 Å².